The molecule has 2 N–H and O–H groups in total. The molecule has 0 saturated heterocycles. The van der Waals surface area contributed by atoms with E-state index in [-0.39, 0.29) is 22.6 Å². The molecule has 1 amide bonds. The fourth-order valence-corrected chi connectivity index (χ4v) is 6.50. The number of methoxy groups -OCH3 is 1. The zero-order valence-corrected chi connectivity index (χ0v) is 22.3. The molecule has 188 valence electrons. The Morgan fingerprint density at radius 1 is 1.11 bits per heavy atom. The molecule has 1 aliphatic heterocycles. The SMILES string of the molecule is COc1cc([C@H]2NC(=O)c3c(sc4c3CC[C@H](C(C)(C)C)C4)N2)ccc1OC(=O)c1ccccc1Cl. The number of amides is 1. The first-order valence-electron chi connectivity index (χ1n) is 12.0. The van der Waals surface area contributed by atoms with Crippen LogP contribution in [0.2, 0.25) is 5.02 Å². The molecule has 2 aliphatic rings. The summed E-state index contributed by atoms with van der Waals surface area (Å²) in [6.45, 7) is 6.87. The van der Waals surface area contributed by atoms with Gasteiger partial charge >= 0.3 is 5.97 Å². The fourth-order valence-electron chi connectivity index (χ4n) is 4.93. The lowest BCUT2D eigenvalue weighted by molar-refractivity contribution is 0.0729. The summed E-state index contributed by atoms with van der Waals surface area (Å²) in [4.78, 5) is 27.1. The minimum atomic E-state index is -0.571. The number of esters is 1. The monoisotopic (exact) mass is 524 g/mol. The van der Waals surface area contributed by atoms with Crippen molar-refractivity contribution in [2.24, 2.45) is 11.3 Å². The Hall–Kier alpha value is -3.03. The lowest BCUT2D eigenvalue weighted by atomic mass is 9.72. The highest BCUT2D eigenvalue weighted by atomic mass is 35.5. The summed E-state index contributed by atoms with van der Waals surface area (Å²) in [5, 5.41) is 7.82. The predicted octanol–water partition coefficient (Wildman–Crippen LogP) is 6.63. The molecule has 36 heavy (non-hydrogen) atoms. The Morgan fingerprint density at radius 3 is 2.61 bits per heavy atom. The first kappa shape index (κ1) is 24.7. The van der Waals surface area contributed by atoms with Crippen LogP contribution in [-0.4, -0.2) is 19.0 Å². The third-order valence-corrected chi connectivity index (χ3v) is 8.60. The van der Waals surface area contributed by atoms with Gasteiger partial charge in [0.25, 0.3) is 5.91 Å². The van der Waals surface area contributed by atoms with Crippen LogP contribution in [0.1, 0.15) is 70.1 Å². The number of fused-ring (bicyclic) bond motifs is 3. The van der Waals surface area contributed by atoms with Crippen molar-refractivity contribution in [3.05, 3.63) is 74.6 Å². The molecule has 2 atom stereocenters. The van der Waals surface area contributed by atoms with Gasteiger partial charge < -0.3 is 20.1 Å². The topological polar surface area (TPSA) is 76.7 Å². The van der Waals surface area contributed by atoms with E-state index in [0.717, 1.165) is 35.4 Å². The lowest BCUT2D eigenvalue weighted by Crippen LogP contribution is -2.38. The van der Waals surface area contributed by atoms with Gasteiger partial charge in [-0.2, -0.15) is 0 Å². The van der Waals surface area contributed by atoms with E-state index < -0.39 is 12.1 Å². The van der Waals surface area contributed by atoms with E-state index in [1.807, 2.05) is 6.07 Å². The number of rotatable bonds is 4. The number of ether oxygens (including phenoxy) is 2. The number of nitrogens with one attached hydrogen (secondary N) is 2. The number of anilines is 1. The van der Waals surface area contributed by atoms with Gasteiger partial charge in [-0.3, -0.25) is 4.79 Å². The maximum absolute atomic E-state index is 13.2. The molecular formula is C28H29ClN2O4S. The number of carbonyl (C=O) groups excluding carboxylic acids is 2. The number of carbonyl (C=O) groups is 2. The average molecular weight is 525 g/mol. The second-order valence-electron chi connectivity index (χ2n) is 10.3. The van der Waals surface area contributed by atoms with Crippen molar-refractivity contribution in [1.29, 1.82) is 0 Å². The standard InChI is InChI=1S/C28H29ClN2O4S/c1-28(2,3)16-10-11-18-22(14-16)36-26-23(18)25(32)30-24(31-26)15-9-12-20(21(13-15)34-4)35-27(33)17-7-5-6-8-19(17)29/h5-9,12-13,16,24,31H,10-11,14H2,1-4H3,(H,30,32)/t16-,24-/m0/s1. The Kier molecular flexibility index (Phi) is 6.47. The summed E-state index contributed by atoms with van der Waals surface area (Å²) in [5.74, 6) is 0.628. The first-order valence-corrected chi connectivity index (χ1v) is 13.2. The molecule has 5 rings (SSSR count). The van der Waals surface area contributed by atoms with Crippen molar-refractivity contribution in [2.45, 2.75) is 46.2 Å². The number of benzene rings is 2. The molecule has 1 aliphatic carbocycles. The normalized spacial score (nSPS) is 19.0. The van der Waals surface area contributed by atoms with E-state index in [4.69, 9.17) is 21.1 Å². The van der Waals surface area contributed by atoms with E-state index in [9.17, 15) is 9.59 Å². The van der Waals surface area contributed by atoms with Gasteiger partial charge in [-0.1, -0.05) is 50.6 Å². The first-order chi connectivity index (χ1) is 17.2. The highest BCUT2D eigenvalue weighted by molar-refractivity contribution is 7.16. The molecule has 6 nitrogen and oxygen atoms in total. The fraction of sp³-hybridized carbons (Fsp3) is 0.357. The van der Waals surface area contributed by atoms with Crippen LogP contribution in [0, 0.1) is 11.3 Å². The number of halogens is 1. The number of hydrogen-bond acceptors (Lipinski definition) is 6. The van der Waals surface area contributed by atoms with Gasteiger partial charge in [-0.25, -0.2) is 4.79 Å². The zero-order valence-electron chi connectivity index (χ0n) is 20.7. The van der Waals surface area contributed by atoms with E-state index in [1.165, 1.54) is 17.6 Å². The van der Waals surface area contributed by atoms with Gasteiger partial charge in [0.2, 0.25) is 0 Å². The third kappa shape index (κ3) is 4.58. The van der Waals surface area contributed by atoms with E-state index in [1.54, 1.807) is 47.7 Å². The van der Waals surface area contributed by atoms with Gasteiger partial charge in [0.05, 0.1) is 23.3 Å². The summed E-state index contributed by atoms with van der Waals surface area (Å²) >= 11 is 7.82. The Morgan fingerprint density at radius 2 is 1.89 bits per heavy atom. The molecule has 3 aromatic rings. The van der Waals surface area contributed by atoms with Crippen molar-refractivity contribution >= 4 is 39.8 Å². The Labute approximate surface area is 220 Å². The van der Waals surface area contributed by atoms with Crippen LogP contribution in [0.25, 0.3) is 0 Å². The molecule has 2 aromatic carbocycles. The van der Waals surface area contributed by atoms with Gasteiger partial charge in [0, 0.05) is 4.88 Å². The Bertz CT molecular complexity index is 1340. The molecule has 1 aromatic heterocycles. The average Bonchev–Trinajstić information content (AvgIpc) is 3.22. The van der Waals surface area contributed by atoms with Crippen LogP contribution in [0.3, 0.4) is 0 Å². The predicted molar refractivity (Wildman–Crippen MR) is 143 cm³/mol. The Balaban J connectivity index is 1.37. The molecule has 0 radical (unpaired) electrons. The highest BCUT2D eigenvalue weighted by Crippen LogP contribution is 2.46. The maximum atomic E-state index is 13.2. The largest absolute Gasteiger partial charge is 0.493 e. The smallest absolute Gasteiger partial charge is 0.345 e. The van der Waals surface area contributed by atoms with E-state index in [2.05, 4.69) is 31.4 Å². The summed E-state index contributed by atoms with van der Waals surface area (Å²) < 4.78 is 11.1. The minimum Gasteiger partial charge on any atom is -0.493 e. The summed E-state index contributed by atoms with van der Waals surface area (Å²) in [5.41, 5.74) is 3.29. The van der Waals surface area contributed by atoms with Gasteiger partial charge in [0.15, 0.2) is 11.5 Å². The summed E-state index contributed by atoms with van der Waals surface area (Å²) in [7, 11) is 1.51. The molecule has 8 heteroatoms. The second-order valence-corrected chi connectivity index (χ2v) is 11.9. The highest BCUT2D eigenvalue weighted by Gasteiger charge is 2.36. The van der Waals surface area contributed by atoms with Crippen LogP contribution >= 0.6 is 22.9 Å². The van der Waals surface area contributed by atoms with Crippen molar-refractivity contribution in [2.75, 3.05) is 12.4 Å². The zero-order chi connectivity index (χ0) is 25.6. The number of hydrogen-bond donors (Lipinski definition) is 2. The van der Waals surface area contributed by atoms with Crippen LogP contribution < -0.4 is 20.1 Å². The van der Waals surface area contributed by atoms with Crippen molar-refractivity contribution in [3.63, 3.8) is 0 Å². The molecule has 0 spiro atoms. The summed E-state index contributed by atoms with van der Waals surface area (Å²) in [6, 6.07) is 12.0. The third-order valence-electron chi connectivity index (χ3n) is 7.09. The van der Waals surface area contributed by atoms with Gasteiger partial charge in [0.1, 0.15) is 11.2 Å². The van der Waals surface area contributed by atoms with Crippen molar-refractivity contribution < 1.29 is 19.1 Å². The molecule has 0 unspecified atom stereocenters. The molecular weight excluding hydrogens is 496 g/mol. The molecule has 0 fully saturated rings. The van der Waals surface area contributed by atoms with E-state index >= 15 is 0 Å². The van der Waals surface area contributed by atoms with Crippen LogP contribution in [0.15, 0.2) is 42.5 Å². The quantitative estimate of drug-likeness (QED) is 0.296. The molecule has 0 bridgehead atoms. The number of thiophene rings is 1. The van der Waals surface area contributed by atoms with Crippen LogP contribution in [0.4, 0.5) is 5.00 Å². The van der Waals surface area contributed by atoms with Crippen molar-refractivity contribution in [3.8, 4) is 11.5 Å². The summed E-state index contributed by atoms with van der Waals surface area (Å²) in [6.07, 6.45) is 2.62. The van der Waals surface area contributed by atoms with Crippen LogP contribution in [-0.2, 0) is 12.8 Å². The maximum Gasteiger partial charge on any atom is 0.345 e. The molecule has 0 saturated carbocycles. The minimum absolute atomic E-state index is 0.0614. The van der Waals surface area contributed by atoms with Gasteiger partial charge in [-0.15, -0.1) is 11.3 Å². The lowest BCUT2D eigenvalue weighted by Gasteiger charge is -2.34. The second kappa shape index (κ2) is 9.45. The molecule has 2 heterocycles. The van der Waals surface area contributed by atoms with Crippen molar-refractivity contribution in [1.82, 2.24) is 5.32 Å². The van der Waals surface area contributed by atoms with E-state index in [0.29, 0.717) is 16.7 Å². The van der Waals surface area contributed by atoms with Crippen LogP contribution in [0.5, 0.6) is 11.5 Å². The van der Waals surface area contributed by atoms with Gasteiger partial charge in [-0.05, 0) is 66.0 Å².